The summed E-state index contributed by atoms with van der Waals surface area (Å²) in [6.45, 7) is 41.5. The van der Waals surface area contributed by atoms with Gasteiger partial charge in [-0.2, -0.15) is 0 Å². The fourth-order valence-corrected chi connectivity index (χ4v) is 34.5. The SMILES string of the molecule is CC1CCC(N(C2CCC(C3CCC(C(C)(C)C)CC3)CC2)C2CC(N(C3CCC(C)CC3)C3CCC(C4CCC(C(C)(C)C)CC4)CC3)C3CCC4C5C(CCC2C35)C(N(C2CCC(C)CC2)C2CCC(C3CCC(C(C)(C)C)CC3)CC2)CC4N(C2CCC(C)CC2)C2CCC(C3CCC(C(C)(C)C)CC3)CC2)CC1. The van der Waals surface area contributed by atoms with Gasteiger partial charge in [-0.05, 0) is 499 Å². The molecule has 8 atom stereocenters. The highest BCUT2D eigenvalue weighted by Gasteiger charge is 2.65. The van der Waals surface area contributed by atoms with Gasteiger partial charge >= 0.3 is 0 Å². The Bertz CT molecular complexity index is 2420. The highest BCUT2D eigenvalue weighted by atomic mass is 15.3. The molecule has 112 heavy (non-hydrogen) atoms. The lowest BCUT2D eigenvalue weighted by Gasteiger charge is -2.69. The van der Waals surface area contributed by atoms with E-state index in [9.17, 15) is 0 Å². The molecule has 16 saturated carbocycles. The Morgan fingerprint density at radius 1 is 0.161 bits per heavy atom. The molecular formula is C108H190N4. The Balaban J connectivity index is 0.786. The van der Waals surface area contributed by atoms with Crippen LogP contribution in [-0.2, 0) is 0 Å². The van der Waals surface area contributed by atoms with Crippen LogP contribution in [0.4, 0.5) is 0 Å². The average Bonchev–Trinajstić information content (AvgIpc) is 0.698. The Morgan fingerprint density at radius 3 is 0.438 bits per heavy atom. The quantitative estimate of drug-likeness (QED) is 0.153. The third-order valence-corrected chi connectivity index (χ3v) is 41.5. The Kier molecular flexibility index (Phi) is 27.7. The van der Waals surface area contributed by atoms with E-state index in [0.717, 1.165) is 203 Å². The van der Waals surface area contributed by atoms with E-state index < -0.39 is 0 Å². The molecule has 0 radical (unpaired) electrons. The van der Waals surface area contributed by atoms with E-state index >= 15 is 0 Å². The molecule has 16 aliphatic rings. The van der Waals surface area contributed by atoms with E-state index in [1.165, 1.54) is 257 Å². The van der Waals surface area contributed by atoms with E-state index in [1.54, 1.807) is 89.9 Å². The maximum atomic E-state index is 3.70. The summed E-state index contributed by atoms with van der Waals surface area (Å²) in [6, 6.07) is 9.72. The molecule has 0 N–H and O–H groups in total. The van der Waals surface area contributed by atoms with Crippen LogP contribution in [0.15, 0.2) is 0 Å². The number of rotatable bonds is 16. The Labute approximate surface area is 697 Å². The van der Waals surface area contributed by atoms with E-state index in [-0.39, 0.29) is 0 Å². The van der Waals surface area contributed by atoms with E-state index in [4.69, 9.17) is 0 Å². The summed E-state index contributed by atoms with van der Waals surface area (Å²) in [5.41, 5.74) is 1.89. The molecule has 0 aliphatic heterocycles. The van der Waals surface area contributed by atoms with Gasteiger partial charge in [0.1, 0.15) is 0 Å². The molecule has 0 amide bonds. The molecule has 16 rings (SSSR count). The second-order valence-corrected chi connectivity index (χ2v) is 51.3. The third-order valence-electron chi connectivity index (χ3n) is 41.5. The van der Waals surface area contributed by atoms with Gasteiger partial charge in [0.05, 0.1) is 0 Å². The molecule has 642 valence electrons. The van der Waals surface area contributed by atoms with Crippen molar-refractivity contribution in [1.82, 2.24) is 19.6 Å². The second kappa shape index (κ2) is 36.3. The van der Waals surface area contributed by atoms with Crippen molar-refractivity contribution in [3.63, 3.8) is 0 Å². The first-order chi connectivity index (χ1) is 53.7. The molecule has 8 unspecified atom stereocenters. The minimum Gasteiger partial charge on any atom is -0.294 e. The van der Waals surface area contributed by atoms with Gasteiger partial charge in [-0.3, -0.25) is 19.6 Å². The molecule has 4 heteroatoms. The fraction of sp³-hybridized carbons (Fsp3) is 1.00. The van der Waals surface area contributed by atoms with E-state index in [0.29, 0.717) is 21.7 Å². The Hall–Kier alpha value is -0.160. The van der Waals surface area contributed by atoms with E-state index in [2.05, 4.69) is 130 Å². The van der Waals surface area contributed by atoms with Crippen molar-refractivity contribution < 1.29 is 0 Å². The minimum atomic E-state index is 0.473. The summed E-state index contributed by atoms with van der Waals surface area (Å²) in [4.78, 5) is 14.8. The summed E-state index contributed by atoms with van der Waals surface area (Å²) < 4.78 is 0. The topological polar surface area (TPSA) is 13.0 Å². The van der Waals surface area contributed by atoms with Crippen molar-refractivity contribution in [2.24, 2.45) is 152 Å². The first kappa shape index (κ1) is 85.4. The molecular weight excluding hydrogens is 1350 g/mol. The Morgan fingerprint density at radius 2 is 0.295 bits per heavy atom. The first-order valence-corrected chi connectivity index (χ1v) is 52.8. The molecule has 0 spiro atoms. The normalized spacial score (nSPS) is 47.5. The van der Waals surface area contributed by atoms with Crippen molar-refractivity contribution in [2.75, 3.05) is 0 Å². The molecule has 16 fully saturated rings. The summed E-state index contributed by atoms with van der Waals surface area (Å²) in [6.07, 6.45) is 82.6. The van der Waals surface area contributed by atoms with Gasteiger partial charge in [-0.1, -0.05) is 111 Å². The average molecular weight is 1540 g/mol. The zero-order chi connectivity index (χ0) is 78.1. The lowest BCUT2D eigenvalue weighted by atomic mass is 9.44. The fourth-order valence-electron chi connectivity index (χ4n) is 34.5. The first-order valence-electron chi connectivity index (χ1n) is 52.8. The predicted molar refractivity (Wildman–Crippen MR) is 479 cm³/mol. The third kappa shape index (κ3) is 19.0. The zero-order valence-corrected chi connectivity index (χ0v) is 77.6. The van der Waals surface area contributed by atoms with Gasteiger partial charge in [-0.25, -0.2) is 0 Å². The maximum absolute atomic E-state index is 3.70. The van der Waals surface area contributed by atoms with Gasteiger partial charge in [0.15, 0.2) is 0 Å². The van der Waals surface area contributed by atoms with Crippen LogP contribution in [0.2, 0.25) is 0 Å². The van der Waals surface area contributed by atoms with Crippen molar-refractivity contribution in [3.8, 4) is 0 Å². The highest BCUT2D eigenvalue weighted by molar-refractivity contribution is 5.17. The van der Waals surface area contributed by atoms with Gasteiger partial charge in [0.25, 0.3) is 0 Å². The highest BCUT2D eigenvalue weighted by Crippen LogP contribution is 2.66. The van der Waals surface area contributed by atoms with Crippen LogP contribution in [0.25, 0.3) is 0 Å². The standard InChI is InChI=1S/C108H190N4/c1-71-17-49-87(50-18-71)109(91-57-33-79(34-58-91)75-25-41-83(42-26-75)105(5,6)7)99-69-100(110(88-51-19-72(2)20-52-88)92-59-35-80(36-60-92)76-27-43-84(44-28-76)106(8,9)10)96-67-68-98-102(112(90-55-23-74(4)24-56-90)94-63-39-82(40-64-94)78-31-47-86(48-32-78)108(14,15)16)70-101(97-66-65-95(99)103(96)104(97)98)111(89-53-21-73(3)22-54-89)93-61-37-81(38-62-93)77-29-45-85(46-30-77)107(11,12)13/h71-104H,17-70H2,1-16H3. The van der Waals surface area contributed by atoms with E-state index in [1.807, 2.05) is 0 Å². The lowest BCUT2D eigenvalue weighted by molar-refractivity contribution is -0.197. The smallest absolute Gasteiger partial charge is 0.0147 e. The monoisotopic (exact) mass is 1540 g/mol. The molecule has 0 bridgehead atoms. The van der Waals surface area contributed by atoms with Gasteiger partial charge in [-0.15, -0.1) is 0 Å². The molecule has 0 aromatic heterocycles. The largest absolute Gasteiger partial charge is 0.294 e. The minimum absolute atomic E-state index is 0.473. The van der Waals surface area contributed by atoms with Gasteiger partial charge in [0.2, 0.25) is 0 Å². The van der Waals surface area contributed by atoms with Crippen LogP contribution >= 0.6 is 0 Å². The van der Waals surface area contributed by atoms with Crippen molar-refractivity contribution in [1.29, 1.82) is 0 Å². The van der Waals surface area contributed by atoms with Crippen molar-refractivity contribution in [3.05, 3.63) is 0 Å². The van der Waals surface area contributed by atoms with Crippen LogP contribution < -0.4 is 0 Å². The second-order valence-electron chi connectivity index (χ2n) is 51.3. The van der Waals surface area contributed by atoms with Crippen molar-refractivity contribution in [2.45, 2.75) is 530 Å². The summed E-state index contributed by atoms with van der Waals surface area (Å²) >= 11 is 0. The zero-order valence-electron chi connectivity index (χ0n) is 77.6. The van der Waals surface area contributed by atoms with Crippen LogP contribution in [0, 0.1) is 152 Å². The summed E-state index contributed by atoms with van der Waals surface area (Å²) in [5.74, 6) is 20.8. The van der Waals surface area contributed by atoms with Crippen LogP contribution in [-0.4, -0.2) is 92.1 Å². The van der Waals surface area contributed by atoms with Gasteiger partial charge < -0.3 is 0 Å². The molecule has 0 saturated heterocycles. The van der Waals surface area contributed by atoms with Crippen LogP contribution in [0.1, 0.15) is 458 Å². The number of hydrogen-bond acceptors (Lipinski definition) is 4. The van der Waals surface area contributed by atoms with Gasteiger partial charge in [0, 0.05) is 72.5 Å². The maximum Gasteiger partial charge on any atom is 0.0147 e. The number of hydrogen-bond donors (Lipinski definition) is 0. The molecule has 16 aliphatic carbocycles. The van der Waals surface area contributed by atoms with Crippen molar-refractivity contribution >= 4 is 0 Å². The molecule has 0 heterocycles. The lowest BCUT2D eigenvalue weighted by Crippen LogP contribution is -2.72. The molecule has 4 nitrogen and oxygen atoms in total. The van der Waals surface area contributed by atoms with Crippen LogP contribution in [0.5, 0.6) is 0 Å². The molecule has 0 aromatic carbocycles. The predicted octanol–water partition coefficient (Wildman–Crippen LogP) is 29.7. The number of nitrogens with zero attached hydrogens (tertiary/aromatic N) is 4. The van der Waals surface area contributed by atoms with Crippen LogP contribution in [0.3, 0.4) is 0 Å². The molecule has 0 aromatic rings. The summed E-state index contributed by atoms with van der Waals surface area (Å²) in [7, 11) is 0. The summed E-state index contributed by atoms with van der Waals surface area (Å²) in [5, 5.41) is 0.